The lowest BCUT2D eigenvalue weighted by Crippen LogP contribution is -2.27. The molecule has 16 heavy (non-hydrogen) atoms. The Bertz CT molecular complexity index is 446. The minimum atomic E-state index is -0.787. The molecule has 3 rings (SSSR count). The Hall–Kier alpha value is -1.12. The second kappa shape index (κ2) is 3.44. The molecule has 1 aliphatic heterocycles. The molecule has 2 heteroatoms. The maximum Gasteiger partial charge on any atom is 0.109 e. The summed E-state index contributed by atoms with van der Waals surface area (Å²) in [6.07, 6.45) is 3.96. The van der Waals surface area contributed by atoms with E-state index in [2.05, 4.69) is 6.07 Å². The van der Waals surface area contributed by atoms with E-state index in [1.54, 1.807) is 0 Å². The third kappa shape index (κ3) is 1.27. The lowest BCUT2D eigenvalue weighted by atomic mass is 9.93. The molecule has 1 fully saturated rings. The van der Waals surface area contributed by atoms with Gasteiger partial charge < -0.3 is 9.84 Å². The Labute approximate surface area is 95.6 Å². The van der Waals surface area contributed by atoms with E-state index in [1.165, 1.54) is 5.57 Å². The Balaban J connectivity index is 2.10. The van der Waals surface area contributed by atoms with E-state index < -0.39 is 5.60 Å². The molecule has 1 N–H and O–H groups in total. The van der Waals surface area contributed by atoms with Gasteiger partial charge in [-0.15, -0.1) is 0 Å². The van der Waals surface area contributed by atoms with Crippen LogP contribution in [-0.2, 0) is 10.3 Å². The first-order valence-electron chi connectivity index (χ1n) is 5.91. The molecule has 1 aromatic carbocycles. The van der Waals surface area contributed by atoms with E-state index in [1.807, 2.05) is 31.2 Å². The van der Waals surface area contributed by atoms with Crippen molar-refractivity contribution in [2.75, 3.05) is 6.61 Å². The molecule has 1 aliphatic carbocycles. The molecule has 1 saturated heterocycles. The molecule has 1 heterocycles. The molecular weight excluding hydrogens is 200 g/mol. The summed E-state index contributed by atoms with van der Waals surface area (Å²) in [4.78, 5) is 0. The smallest absolute Gasteiger partial charge is 0.109 e. The van der Waals surface area contributed by atoms with Crippen LogP contribution in [0.5, 0.6) is 0 Å². The van der Waals surface area contributed by atoms with Gasteiger partial charge in [-0.3, -0.25) is 0 Å². The molecule has 0 amide bonds. The van der Waals surface area contributed by atoms with Crippen LogP contribution in [0.15, 0.2) is 30.3 Å². The molecule has 0 saturated carbocycles. The maximum atomic E-state index is 10.6. The first-order valence-corrected chi connectivity index (χ1v) is 5.91. The largest absolute Gasteiger partial charge is 0.381 e. The van der Waals surface area contributed by atoms with Gasteiger partial charge in [0.2, 0.25) is 0 Å². The van der Waals surface area contributed by atoms with Gasteiger partial charge in [-0.25, -0.2) is 0 Å². The molecule has 2 unspecified atom stereocenters. The first-order chi connectivity index (χ1) is 7.74. The van der Waals surface area contributed by atoms with Crippen molar-refractivity contribution >= 4 is 5.57 Å². The average molecular weight is 216 g/mol. The highest BCUT2D eigenvalue weighted by molar-refractivity contribution is 5.78. The summed E-state index contributed by atoms with van der Waals surface area (Å²) in [6, 6.07) is 8.10. The second-order valence-corrected chi connectivity index (χ2v) is 4.57. The van der Waals surface area contributed by atoms with Gasteiger partial charge in [0.25, 0.3) is 0 Å². The predicted molar refractivity (Wildman–Crippen MR) is 63.0 cm³/mol. The van der Waals surface area contributed by atoms with Crippen LogP contribution in [0, 0.1) is 0 Å². The highest BCUT2D eigenvalue weighted by Crippen LogP contribution is 2.44. The number of hydrogen-bond donors (Lipinski definition) is 1. The fraction of sp³-hybridized carbons (Fsp3) is 0.429. The van der Waals surface area contributed by atoms with Gasteiger partial charge >= 0.3 is 0 Å². The third-order valence-electron chi connectivity index (χ3n) is 3.68. The summed E-state index contributed by atoms with van der Waals surface area (Å²) in [5.74, 6) is 0. The summed E-state index contributed by atoms with van der Waals surface area (Å²) < 4.78 is 5.53. The van der Waals surface area contributed by atoms with E-state index in [4.69, 9.17) is 4.74 Å². The second-order valence-electron chi connectivity index (χ2n) is 4.57. The molecule has 0 aromatic heterocycles. The molecule has 2 nitrogen and oxygen atoms in total. The van der Waals surface area contributed by atoms with Crippen molar-refractivity contribution in [2.45, 2.75) is 31.5 Å². The van der Waals surface area contributed by atoms with Crippen LogP contribution in [-0.4, -0.2) is 17.8 Å². The third-order valence-corrected chi connectivity index (χ3v) is 3.68. The van der Waals surface area contributed by atoms with Crippen LogP contribution in [0.25, 0.3) is 5.57 Å². The van der Waals surface area contributed by atoms with Crippen molar-refractivity contribution in [3.8, 4) is 0 Å². The number of rotatable bonds is 2. The topological polar surface area (TPSA) is 29.5 Å². The van der Waals surface area contributed by atoms with Gasteiger partial charge in [0.05, 0.1) is 12.7 Å². The Kier molecular flexibility index (Phi) is 2.16. The van der Waals surface area contributed by atoms with Gasteiger partial charge in [0.15, 0.2) is 0 Å². The van der Waals surface area contributed by atoms with E-state index in [0.29, 0.717) is 6.42 Å². The molecule has 2 atom stereocenters. The van der Waals surface area contributed by atoms with Gasteiger partial charge in [0.1, 0.15) is 5.60 Å². The van der Waals surface area contributed by atoms with Crippen molar-refractivity contribution in [3.05, 3.63) is 41.5 Å². The van der Waals surface area contributed by atoms with Crippen LogP contribution in [0.2, 0.25) is 0 Å². The minimum Gasteiger partial charge on any atom is -0.381 e. The Morgan fingerprint density at radius 2 is 2.19 bits per heavy atom. The minimum absolute atomic E-state index is 0.196. The quantitative estimate of drug-likeness (QED) is 0.823. The van der Waals surface area contributed by atoms with Crippen molar-refractivity contribution in [3.63, 3.8) is 0 Å². The number of aliphatic hydroxyl groups is 1. The molecule has 0 bridgehead atoms. The molecule has 0 radical (unpaired) electrons. The Morgan fingerprint density at radius 3 is 2.81 bits per heavy atom. The molecule has 1 aromatic rings. The zero-order chi connectivity index (χ0) is 11.2. The van der Waals surface area contributed by atoms with Crippen molar-refractivity contribution in [2.24, 2.45) is 0 Å². The first kappa shape index (κ1) is 10.1. The van der Waals surface area contributed by atoms with Crippen molar-refractivity contribution < 1.29 is 9.84 Å². The molecule has 2 aliphatic rings. The van der Waals surface area contributed by atoms with Crippen molar-refractivity contribution in [1.82, 2.24) is 0 Å². The van der Waals surface area contributed by atoms with E-state index in [-0.39, 0.29) is 6.10 Å². The summed E-state index contributed by atoms with van der Waals surface area (Å²) in [6.45, 7) is 2.85. The molecule has 0 spiro atoms. The number of ether oxygens (including phenoxy) is 1. The lowest BCUT2D eigenvalue weighted by Gasteiger charge is -2.28. The van der Waals surface area contributed by atoms with Crippen LogP contribution < -0.4 is 0 Å². The van der Waals surface area contributed by atoms with Crippen LogP contribution in [0.4, 0.5) is 0 Å². The average Bonchev–Trinajstić information content (AvgIpc) is 2.53. The standard InChI is InChI=1S/C14H16O2/c1-2-14(15)9-11(13-7-8-16-13)10-5-3-4-6-12(10)14/h3-6,9,13,15H,2,7-8H2,1H3. The van der Waals surface area contributed by atoms with Gasteiger partial charge in [0, 0.05) is 6.42 Å². The van der Waals surface area contributed by atoms with Crippen LogP contribution in [0.3, 0.4) is 0 Å². The highest BCUT2D eigenvalue weighted by atomic mass is 16.5. The fourth-order valence-electron chi connectivity index (χ4n) is 2.56. The number of benzene rings is 1. The Morgan fingerprint density at radius 1 is 1.44 bits per heavy atom. The zero-order valence-electron chi connectivity index (χ0n) is 9.44. The van der Waals surface area contributed by atoms with Crippen LogP contribution >= 0.6 is 0 Å². The molecule has 84 valence electrons. The number of fused-ring (bicyclic) bond motifs is 1. The monoisotopic (exact) mass is 216 g/mol. The predicted octanol–water partition coefficient (Wildman–Crippen LogP) is 2.47. The van der Waals surface area contributed by atoms with Crippen molar-refractivity contribution in [1.29, 1.82) is 0 Å². The van der Waals surface area contributed by atoms with Gasteiger partial charge in [-0.1, -0.05) is 31.2 Å². The summed E-state index contributed by atoms with van der Waals surface area (Å²) >= 11 is 0. The SMILES string of the molecule is CCC1(O)C=C(C2CCO2)c2ccccc21. The lowest BCUT2D eigenvalue weighted by molar-refractivity contribution is -0.0122. The fourth-order valence-corrected chi connectivity index (χ4v) is 2.56. The number of hydrogen-bond acceptors (Lipinski definition) is 2. The molecular formula is C14H16O2. The zero-order valence-corrected chi connectivity index (χ0v) is 9.44. The van der Waals surface area contributed by atoms with E-state index >= 15 is 0 Å². The summed E-state index contributed by atoms with van der Waals surface area (Å²) in [5.41, 5.74) is 2.58. The van der Waals surface area contributed by atoms with Crippen LogP contribution in [0.1, 0.15) is 30.9 Å². The highest BCUT2D eigenvalue weighted by Gasteiger charge is 2.38. The summed E-state index contributed by atoms with van der Waals surface area (Å²) in [5, 5.41) is 10.6. The normalized spacial score (nSPS) is 31.9. The summed E-state index contributed by atoms with van der Waals surface area (Å²) in [7, 11) is 0. The van der Waals surface area contributed by atoms with E-state index in [9.17, 15) is 5.11 Å². The van der Waals surface area contributed by atoms with Gasteiger partial charge in [-0.05, 0) is 29.2 Å². The van der Waals surface area contributed by atoms with E-state index in [0.717, 1.165) is 24.2 Å². The maximum absolute atomic E-state index is 10.6. The van der Waals surface area contributed by atoms with Gasteiger partial charge in [-0.2, -0.15) is 0 Å².